The molecule has 1 fully saturated rings. The summed E-state index contributed by atoms with van der Waals surface area (Å²) in [4.78, 5) is 6.27. The van der Waals surface area contributed by atoms with Crippen molar-refractivity contribution in [3.05, 3.63) is 41.3 Å². The molecule has 0 aliphatic carbocycles. The number of ether oxygens (including phenoxy) is 1. The van der Waals surface area contributed by atoms with E-state index in [-0.39, 0.29) is 5.41 Å². The molecular weight excluding hydrogens is 336 g/mol. The lowest BCUT2D eigenvalue weighted by atomic mass is 9.92. The molecule has 25 heavy (non-hydrogen) atoms. The average Bonchev–Trinajstić information content (AvgIpc) is 2.61. The Balaban J connectivity index is 1.51. The van der Waals surface area contributed by atoms with Crippen molar-refractivity contribution in [3.8, 4) is 5.75 Å². The van der Waals surface area contributed by atoms with Crippen LogP contribution >= 0.6 is 11.6 Å². The predicted octanol–water partition coefficient (Wildman–Crippen LogP) is 4.12. The summed E-state index contributed by atoms with van der Waals surface area (Å²) in [7, 11) is 0. The highest BCUT2D eigenvalue weighted by atomic mass is 35.5. The van der Waals surface area contributed by atoms with Crippen molar-refractivity contribution in [3.63, 3.8) is 0 Å². The highest BCUT2D eigenvalue weighted by Gasteiger charge is 2.22. The van der Waals surface area contributed by atoms with Gasteiger partial charge in [-0.1, -0.05) is 32.4 Å². The summed E-state index contributed by atoms with van der Waals surface area (Å²) >= 11 is 6.08. The quantitative estimate of drug-likeness (QED) is 0.820. The summed E-state index contributed by atoms with van der Waals surface area (Å²) in [6.07, 6.45) is 5.46. The van der Waals surface area contributed by atoms with E-state index in [1.54, 1.807) is 12.4 Å². The van der Waals surface area contributed by atoms with Gasteiger partial charge in [0.1, 0.15) is 10.8 Å². The molecule has 0 amide bonds. The lowest BCUT2D eigenvalue weighted by molar-refractivity contribution is 0.222. The van der Waals surface area contributed by atoms with Crippen LogP contribution < -0.4 is 9.64 Å². The van der Waals surface area contributed by atoms with Gasteiger partial charge < -0.3 is 9.64 Å². The van der Waals surface area contributed by atoms with E-state index in [2.05, 4.69) is 53.0 Å². The highest BCUT2D eigenvalue weighted by Crippen LogP contribution is 2.26. The number of nitrogens with zero attached hydrogens (tertiary/aromatic N) is 4. The van der Waals surface area contributed by atoms with Crippen molar-refractivity contribution < 1.29 is 4.74 Å². The Hall–Kier alpha value is -1.88. The van der Waals surface area contributed by atoms with E-state index in [9.17, 15) is 0 Å². The fraction of sp³-hybridized carbons (Fsp3) is 0.526. The summed E-state index contributed by atoms with van der Waals surface area (Å²) < 4.78 is 5.85. The fourth-order valence-corrected chi connectivity index (χ4v) is 3.08. The van der Waals surface area contributed by atoms with Crippen molar-refractivity contribution in [1.82, 2.24) is 15.2 Å². The van der Waals surface area contributed by atoms with Gasteiger partial charge >= 0.3 is 0 Å². The van der Waals surface area contributed by atoms with Crippen LogP contribution in [-0.2, 0) is 5.41 Å². The van der Waals surface area contributed by atoms with Gasteiger partial charge in [-0.3, -0.25) is 4.98 Å². The lowest BCUT2D eigenvalue weighted by Gasteiger charge is -2.32. The fourth-order valence-electron chi connectivity index (χ4n) is 2.91. The number of rotatable bonds is 4. The number of hydrogen-bond donors (Lipinski definition) is 0. The van der Waals surface area contributed by atoms with Gasteiger partial charge in [0.25, 0.3) is 0 Å². The molecule has 0 N–H and O–H groups in total. The zero-order chi connectivity index (χ0) is 17.9. The zero-order valence-electron chi connectivity index (χ0n) is 15.1. The minimum atomic E-state index is 0.0318. The van der Waals surface area contributed by atoms with Gasteiger partial charge in [0.2, 0.25) is 0 Å². The SMILES string of the molecule is CC(C)(C)c1ccc(N2CCC(COc3ccncc3Cl)CC2)nn1. The van der Waals surface area contributed by atoms with E-state index in [1.165, 1.54) is 0 Å². The van der Waals surface area contributed by atoms with Gasteiger partial charge in [0, 0.05) is 37.0 Å². The molecule has 134 valence electrons. The van der Waals surface area contributed by atoms with Crippen LogP contribution in [0.4, 0.5) is 5.82 Å². The smallest absolute Gasteiger partial charge is 0.151 e. The molecule has 6 heteroatoms. The van der Waals surface area contributed by atoms with Gasteiger partial charge in [-0.25, -0.2) is 0 Å². The molecule has 1 saturated heterocycles. The summed E-state index contributed by atoms with van der Waals surface area (Å²) in [5.41, 5.74) is 1.05. The Morgan fingerprint density at radius 1 is 1.16 bits per heavy atom. The van der Waals surface area contributed by atoms with Crippen LogP contribution in [0.3, 0.4) is 0 Å². The van der Waals surface area contributed by atoms with Gasteiger partial charge in [-0.2, -0.15) is 5.10 Å². The molecule has 3 heterocycles. The highest BCUT2D eigenvalue weighted by molar-refractivity contribution is 6.31. The Labute approximate surface area is 154 Å². The molecule has 2 aromatic rings. The molecule has 0 saturated carbocycles. The molecule has 0 unspecified atom stereocenters. The van der Waals surface area contributed by atoms with Gasteiger partial charge in [-0.05, 0) is 30.9 Å². The first-order valence-electron chi connectivity index (χ1n) is 8.75. The molecule has 0 radical (unpaired) electrons. The van der Waals surface area contributed by atoms with Crippen LogP contribution in [0.1, 0.15) is 39.3 Å². The van der Waals surface area contributed by atoms with Gasteiger partial charge in [-0.15, -0.1) is 5.10 Å². The van der Waals surface area contributed by atoms with E-state index in [0.29, 0.717) is 23.3 Å². The van der Waals surface area contributed by atoms with E-state index >= 15 is 0 Å². The number of hydrogen-bond acceptors (Lipinski definition) is 5. The van der Waals surface area contributed by atoms with Gasteiger partial charge in [0.15, 0.2) is 5.82 Å². The number of anilines is 1. The first kappa shape index (κ1) is 17.9. The van der Waals surface area contributed by atoms with Crippen LogP contribution in [0.5, 0.6) is 5.75 Å². The second-order valence-electron chi connectivity index (χ2n) is 7.57. The monoisotopic (exact) mass is 360 g/mol. The Morgan fingerprint density at radius 2 is 1.92 bits per heavy atom. The number of pyridine rings is 1. The molecule has 2 aromatic heterocycles. The standard InChI is InChI=1S/C19H25ClN4O/c1-19(2,3)17-4-5-18(23-22-17)24-10-7-14(8-11-24)13-25-16-6-9-21-12-15(16)20/h4-6,9,12,14H,7-8,10-11,13H2,1-3H3. The first-order valence-corrected chi connectivity index (χ1v) is 9.13. The van der Waals surface area contributed by atoms with Crippen molar-refractivity contribution >= 4 is 17.4 Å². The summed E-state index contributed by atoms with van der Waals surface area (Å²) in [6, 6.07) is 5.98. The normalized spacial score (nSPS) is 16.1. The molecule has 1 aliphatic heterocycles. The van der Waals surface area contributed by atoms with E-state index < -0.39 is 0 Å². The second-order valence-corrected chi connectivity index (χ2v) is 7.98. The summed E-state index contributed by atoms with van der Waals surface area (Å²) in [5.74, 6) is 2.20. The molecule has 0 atom stereocenters. The van der Waals surface area contributed by atoms with Gasteiger partial charge in [0.05, 0.1) is 12.3 Å². The van der Waals surface area contributed by atoms with Crippen LogP contribution in [0, 0.1) is 5.92 Å². The molecule has 0 bridgehead atoms. The number of aromatic nitrogens is 3. The Morgan fingerprint density at radius 3 is 2.52 bits per heavy atom. The molecule has 5 nitrogen and oxygen atoms in total. The van der Waals surface area contributed by atoms with Crippen molar-refractivity contribution in [2.45, 2.75) is 39.0 Å². The third-order valence-electron chi connectivity index (χ3n) is 4.57. The maximum Gasteiger partial charge on any atom is 0.151 e. The third kappa shape index (κ3) is 4.60. The van der Waals surface area contributed by atoms with Crippen LogP contribution in [0.2, 0.25) is 5.02 Å². The summed E-state index contributed by atoms with van der Waals surface area (Å²) in [6.45, 7) is 9.08. The lowest BCUT2D eigenvalue weighted by Crippen LogP contribution is -2.36. The largest absolute Gasteiger partial charge is 0.492 e. The third-order valence-corrected chi connectivity index (χ3v) is 4.85. The zero-order valence-corrected chi connectivity index (χ0v) is 15.8. The first-order chi connectivity index (χ1) is 11.9. The molecule has 0 aromatic carbocycles. The van der Waals surface area contributed by atoms with Crippen molar-refractivity contribution in [2.75, 3.05) is 24.6 Å². The maximum absolute atomic E-state index is 6.08. The van der Waals surface area contributed by atoms with Crippen molar-refractivity contribution in [2.24, 2.45) is 5.92 Å². The molecule has 1 aliphatic rings. The number of halogens is 1. The van der Waals surface area contributed by atoms with Crippen LogP contribution in [0.25, 0.3) is 0 Å². The van der Waals surface area contributed by atoms with Crippen LogP contribution in [-0.4, -0.2) is 34.9 Å². The van der Waals surface area contributed by atoms with E-state index in [1.807, 2.05) is 6.07 Å². The minimum Gasteiger partial charge on any atom is -0.492 e. The Bertz CT molecular complexity index is 691. The van der Waals surface area contributed by atoms with E-state index in [0.717, 1.165) is 37.4 Å². The second kappa shape index (κ2) is 7.56. The molecule has 3 rings (SSSR count). The molecule has 0 spiro atoms. The Kier molecular flexibility index (Phi) is 5.42. The topological polar surface area (TPSA) is 51.1 Å². The number of piperidine rings is 1. The summed E-state index contributed by atoms with van der Waals surface area (Å²) in [5, 5.41) is 9.38. The predicted molar refractivity (Wildman–Crippen MR) is 100 cm³/mol. The minimum absolute atomic E-state index is 0.0318. The average molecular weight is 361 g/mol. The van der Waals surface area contributed by atoms with E-state index in [4.69, 9.17) is 16.3 Å². The van der Waals surface area contributed by atoms with Crippen molar-refractivity contribution in [1.29, 1.82) is 0 Å². The van der Waals surface area contributed by atoms with Crippen LogP contribution in [0.15, 0.2) is 30.6 Å². The molecular formula is C19H25ClN4O. The maximum atomic E-state index is 6.08.